The van der Waals surface area contributed by atoms with E-state index in [2.05, 4.69) is 17.9 Å². The lowest BCUT2D eigenvalue weighted by atomic mass is 9.53. The fourth-order valence-corrected chi connectivity index (χ4v) is 6.65. The van der Waals surface area contributed by atoms with Crippen molar-refractivity contribution in [2.24, 2.45) is 16.7 Å². The molecule has 3 aliphatic carbocycles. The average molecular weight is 508 g/mol. The van der Waals surface area contributed by atoms with Gasteiger partial charge in [0, 0.05) is 49.1 Å². The summed E-state index contributed by atoms with van der Waals surface area (Å²) in [5.41, 5.74) is -0.909. The van der Waals surface area contributed by atoms with E-state index in [0.717, 1.165) is 0 Å². The van der Waals surface area contributed by atoms with Crippen LogP contribution < -0.4 is 5.32 Å². The van der Waals surface area contributed by atoms with Gasteiger partial charge in [0.1, 0.15) is 12.2 Å². The van der Waals surface area contributed by atoms with E-state index in [-0.39, 0.29) is 23.7 Å². The van der Waals surface area contributed by atoms with Gasteiger partial charge in [0.25, 0.3) is 0 Å². The van der Waals surface area contributed by atoms with Crippen molar-refractivity contribution in [3.63, 3.8) is 0 Å². The van der Waals surface area contributed by atoms with Gasteiger partial charge in [0.05, 0.1) is 23.7 Å². The van der Waals surface area contributed by atoms with Crippen LogP contribution in [0.3, 0.4) is 0 Å². The maximum atomic E-state index is 13.8. The Hall–Kier alpha value is -2.30. The number of thiol groups is 1. The lowest BCUT2D eigenvalue weighted by Crippen LogP contribution is -2.57. The van der Waals surface area contributed by atoms with Crippen molar-refractivity contribution in [3.8, 4) is 0 Å². The van der Waals surface area contributed by atoms with Crippen LogP contribution in [0.2, 0.25) is 0 Å². The summed E-state index contributed by atoms with van der Waals surface area (Å²) in [7, 11) is 1.47. The SMILES string of the molecule is COC[C@H]1OC(=O)C(=CNCCS)C2=C(O)C(=O)C3=C([C@H](OC(C)=O)C[C@@]4(C)C3CC[C@@H]4O)[C@]21C. The summed E-state index contributed by atoms with van der Waals surface area (Å²) in [5.74, 6) is -2.22. The first-order valence-electron chi connectivity index (χ1n) is 11.8. The van der Waals surface area contributed by atoms with Crippen LogP contribution in [0.5, 0.6) is 0 Å². The van der Waals surface area contributed by atoms with Crippen LogP contribution in [-0.2, 0) is 28.6 Å². The zero-order valence-corrected chi connectivity index (χ0v) is 21.3. The molecule has 4 rings (SSSR count). The first-order valence-corrected chi connectivity index (χ1v) is 12.5. The van der Waals surface area contributed by atoms with Gasteiger partial charge in [-0.3, -0.25) is 9.59 Å². The molecule has 0 aromatic carbocycles. The number of Topliss-reactive ketones (excluding diaryl/α,β-unsaturated/α-hetero) is 1. The number of nitrogens with one attached hydrogen (secondary N) is 1. The summed E-state index contributed by atoms with van der Waals surface area (Å²) in [4.78, 5) is 39.0. The van der Waals surface area contributed by atoms with Crippen LogP contribution in [0.4, 0.5) is 0 Å². The predicted molar refractivity (Wildman–Crippen MR) is 128 cm³/mol. The number of cyclic esters (lactones) is 1. The predicted octanol–water partition coefficient (Wildman–Crippen LogP) is 1.77. The number of allylic oxidation sites excluding steroid dienone is 1. The number of methoxy groups -OCH3 is 1. The first kappa shape index (κ1) is 25.8. The molecule has 2 fully saturated rings. The highest BCUT2D eigenvalue weighted by molar-refractivity contribution is 7.80. The highest BCUT2D eigenvalue weighted by Crippen LogP contribution is 2.63. The number of hydrogen-bond acceptors (Lipinski definition) is 10. The second kappa shape index (κ2) is 9.29. The minimum Gasteiger partial charge on any atom is -0.504 e. The Morgan fingerprint density at radius 1 is 1.31 bits per heavy atom. The van der Waals surface area contributed by atoms with Gasteiger partial charge in [0.15, 0.2) is 5.76 Å². The van der Waals surface area contributed by atoms with Crippen molar-refractivity contribution in [1.82, 2.24) is 5.32 Å². The molecule has 0 aromatic heterocycles. The molecule has 0 aromatic rings. The minimum atomic E-state index is -1.21. The Morgan fingerprint density at radius 2 is 2.03 bits per heavy atom. The number of aliphatic hydroxyl groups is 2. The zero-order chi connectivity index (χ0) is 25.7. The van der Waals surface area contributed by atoms with Gasteiger partial charge in [-0.1, -0.05) is 6.92 Å². The van der Waals surface area contributed by atoms with E-state index >= 15 is 0 Å². The molecular formula is C25H33NO8S. The number of hydrogen-bond donors (Lipinski definition) is 4. The molecule has 192 valence electrons. The second-order valence-corrected chi connectivity index (χ2v) is 10.6. The van der Waals surface area contributed by atoms with Crippen molar-refractivity contribution in [2.45, 2.75) is 58.3 Å². The van der Waals surface area contributed by atoms with E-state index in [1.807, 2.05) is 6.92 Å². The molecule has 1 unspecified atom stereocenters. The number of carbonyl (C=O) groups is 3. The Balaban J connectivity index is 1.99. The monoisotopic (exact) mass is 507 g/mol. The molecule has 1 aliphatic heterocycles. The van der Waals surface area contributed by atoms with Crippen LogP contribution in [0.1, 0.15) is 40.0 Å². The van der Waals surface area contributed by atoms with Crippen molar-refractivity contribution in [1.29, 1.82) is 0 Å². The highest BCUT2D eigenvalue weighted by atomic mass is 32.1. The molecule has 3 N–H and O–H groups in total. The number of esters is 2. The Labute approximate surface area is 210 Å². The maximum absolute atomic E-state index is 13.8. The van der Waals surface area contributed by atoms with Gasteiger partial charge >= 0.3 is 11.9 Å². The van der Waals surface area contributed by atoms with E-state index in [9.17, 15) is 24.6 Å². The molecule has 9 nitrogen and oxygen atoms in total. The Kier molecular flexibility index (Phi) is 6.85. The summed E-state index contributed by atoms with van der Waals surface area (Å²) >= 11 is 4.16. The topological polar surface area (TPSA) is 131 Å². The largest absolute Gasteiger partial charge is 0.504 e. The average Bonchev–Trinajstić information content (AvgIpc) is 3.08. The molecule has 4 aliphatic rings. The molecule has 10 heteroatoms. The van der Waals surface area contributed by atoms with E-state index in [1.54, 1.807) is 6.92 Å². The molecule has 0 amide bonds. The van der Waals surface area contributed by atoms with Gasteiger partial charge in [-0.25, -0.2) is 4.79 Å². The van der Waals surface area contributed by atoms with E-state index in [0.29, 0.717) is 42.7 Å². The number of rotatable bonds is 6. The smallest absolute Gasteiger partial charge is 0.340 e. The second-order valence-electron chi connectivity index (χ2n) is 10.1. The third kappa shape index (κ3) is 3.81. The summed E-state index contributed by atoms with van der Waals surface area (Å²) in [6, 6.07) is 0. The fourth-order valence-electron chi connectivity index (χ4n) is 6.52. The van der Waals surface area contributed by atoms with Crippen LogP contribution in [0.25, 0.3) is 0 Å². The summed E-state index contributed by atoms with van der Waals surface area (Å²) in [6.45, 7) is 5.41. The number of carbonyl (C=O) groups excluding carboxylic acids is 3. The quantitative estimate of drug-likeness (QED) is 0.184. The van der Waals surface area contributed by atoms with Crippen molar-refractivity contribution in [3.05, 3.63) is 34.3 Å². The van der Waals surface area contributed by atoms with Gasteiger partial charge < -0.3 is 29.7 Å². The summed E-state index contributed by atoms with van der Waals surface area (Å²) < 4.78 is 17.0. The molecule has 1 saturated carbocycles. The lowest BCUT2D eigenvalue weighted by Gasteiger charge is -2.54. The van der Waals surface area contributed by atoms with Crippen molar-refractivity contribution >= 4 is 30.4 Å². The Bertz CT molecular complexity index is 1050. The Morgan fingerprint density at radius 3 is 2.66 bits per heavy atom. The number of ether oxygens (including phenoxy) is 3. The summed E-state index contributed by atoms with van der Waals surface area (Å²) in [6.07, 6.45) is 0.349. The van der Waals surface area contributed by atoms with E-state index < -0.39 is 52.6 Å². The number of ketones is 1. The maximum Gasteiger partial charge on any atom is 0.340 e. The third-order valence-corrected chi connectivity index (χ3v) is 8.38. The van der Waals surface area contributed by atoms with E-state index in [1.165, 1.54) is 20.2 Å². The number of aliphatic hydroxyl groups excluding tert-OH is 2. The molecule has 1 heterocycles. The molecule has 0 spiro atoms. The standard InChI is InChI=1S/C25H33NO8S/c1-12(27)33-15-9-24(2)14(5-6-16(24)28)18-20(15)25(3)17(11-32-4)34-23(31)13(10-26-7-8-35)19(25)22(30)21(18)29/h10,14-17,26,28,30,35H,5-9,11H2,1-4H3/t14?,15-,16+,17-,24+,25+/m1/s1. The molecule has 35 heavy (non-hydrogen) atoms. The van der Waals surface area contributed by atoms with Crippen LogP contribution in [-0.4, -0.2) is 72.3 Å². The van der Waals surface area contributed by atoms with Gasteiger partial charge in [0.2, 0.25) is 5.78 Å². The first-order chi connectivity index (χ1) is 16.5. The van der Waals surface area contributed by atoms with Gasteiger partial charge in [-0.2, -0.15) is 12.6 Å². The third-order valence-electron chi connectivity index (χ3n) is 8.16. The molecule has 6 atom stereocenters. The van der Waals surface area contributed by atoms with Crippen LogP contribution in [0.15, 0.2) is 34.3 Å². The van der Waals surface area contributed by atoms with Crippen molar-refractivity contribution in [2.75, 3.05) is 26.0 Å². The zero-order valence-electron chi connectivity index (χ0n) is 20.4. The highest BCUT2D eigenvalue weighted by Gasteiger charge is 2.64. The molecule has 0 bridgehead atoms. The van der Waals surface area contributed by atoms with Crippen LogP contribution >= 0.6 is 12.6 Å². The summed E-state index contributed by atoms with van der Waals surface area (Å²) in [5, 5.41) is 25.2. The molecule has 1 saturated heterocycles. The van der Waals surface area contributed by atoms with E-state index in [4.69, 9.17) is 14.2 Å². The fraction of sp³-hybridized carbons (Fsp3) is 0.640. The van der Waals surface area contributed by atoms with Gasteiger partial charge in [-0.15, -0.1) is 0 Å². The minimum absolute atomic E-state index is 0.00130. The number of fused-ring (bicyclic) bond motifs is 4. The normalized spacial score (nSPS) is 37.6. The van der Waals surface area contributed by atoms with Gasteiger partial charge in [-0.05, 0) is 37.7 Å². The van der Waals surface area contributed by atoms with Crippen LogP contribution in [0, 0.1) is 16.7 Å². The van der Waals surface area contributed by atoms with Crippen molar-refractivity contribution < 1.29 is 38.8 Å². The lowest BCUT2D eigenvalue weighted by molar-refractivity contribution is -0.160. The molecule has 0 radical (unpaired) electrons. The molecular weight excluding hydrogens is 474 g/mol.